The zero-order chi connectivity index (χ0) is 14.0. The van der Waals surface area contributed by atoms with Gasteiger partial charge in [-0.2, -0.15) is 0 Å². The van der Waals surface area contributed by atoms with E-state index in [0.29, 0.717) is 13.2 Å². The molecule has 0 saturated heterocycles. The molecule has 0 aliphatic heterocycles. The van der Waals surface area contributed by atoms with E-state index in [1.54, 1.807) is 6.20 Å². The number of nitrogens with zero attached hydrogens (tertiary/aromatic N) is 1. The Bertz CT molecular complexity index is 503. The lowest BCUT2D eigenvalue weighted by molar-refractivity contribution is 0.275. The van der Waals surface area contributed by atoms with Crippen LogP contribution in [0.1, 0.15) is 13.3 Å². The molecule has 1 N–H and O–H groups in total. The first-order valence-electron chi connectivity index (χ1n) is 6.89. The Kier molecular flexibility index (Phi) is 5.71. The van der Waals surface area contributed by atoms with Crippen LogP contribution in [-0.4, -0.2) is 24.7 Å². The van der Waals surface area contributed by atoms with Crippen molar-refractivity contribution in [2.24, 2.45) is 0 Å². The molecule has 1 aromatic heterocycles. The van der Waals surface area contributed by atoms with E-state index >= 15 is 0 Å². The van der Waals surface area contributed by atoms with Gasteiger partial charge in [0.1, 0.15) is 5.82 Å². The minimum absolute atomic E-state index is 0.640. The molecule has 0 bridgehead atoms. The molecule has 2 rings (SSSR count). The summed E-state index contributed by atoms with van der Waals surface area (Å²) in [7, 11) is 0. The third kappa shape index (κ3) is 4.46. The lowest BCUT2D eigenvalue weighted by Gasteiger charge is -2.11. The molecule has 0 unspecified atom stereocenters. The number of nitrogens with one attached hydrogen (secondary N) is 1. The lowest BCUT2D eigenvalue weighted by atomic mass is 10.3. The van der Waals surface area contributed by atoms with Crippen LogP contribution in [0.5, 0.6) is 11.5 Å². The maximum Gasteiger partial charge on any atom is 0.161 e. The molecule has 0 atom stereocenters. The maximum atomic E-state index is 5.74. The summed E-state index contributed by atoms with van der Waals surface area (Å²) in [5.74, 6) is 2.49. The van der Waals surface area contributed by atoms with Gasteiger partial charge in [-0.25, -0.2) is 4.98 Å². The summed E-state index contributed by atoms with van der Waals surface area (Å²) >= 11 is 0. The minimum Gasteiger partial charge on any atom is -0.490 e. The van der Waals surface area contributed by atoms with Gasteiger partial charge in [-0.3, -0.25) is 0 Å². The molecule has 0 spiro atoms. The Labute approximate surface area is 119 Å². The Morgan fingerprint density at radius 1 is 1.00 bits per heavy atom. The van der Waals surface area contributed by atoms with E-state index in [0.717, 1.165) is 30.3 Å². The van der Waals surface area contributed by atoms with Gasteiger partial charge in [-0.1, -0.05) is 18.2 Å². The van der Waals surface area contributed by atoms with Crippen LogP contribution in [0.4, 0.5) is 5.82 Å². The number of para-hydroxylation sites is 2. The summed E-state index contributed by atoms with van der Waals surface area (Å²) < 4.78 is 11.3. The first kappa shape index (κ1) is 14.2. The summed E-state index contributed by atoms with van der Waals surface area (Å²) in [5, 5.41) is 3.25. The molecule has 0 amide bonds. The largest absolute Gasteiger partial charge is 0.490 e. The second-order valence-electron chi connectivity index (χ2n) is 4.22. The second kappa shape index (κ2) is 8.04. The quantitative estimate of drug-likeness (QED) is 0.748. The van der Waals surface area contributed by atoms with Crippen molar-refractivity contribution in [1.29, 1.82) is 0 Å². The van der Waals surface area contributed by atoms with E-state index in [2.05, 4.69) is 10.3 Å². The molecule has 0 fully saturated rings. The Morgan fingerprint density at radius 2 is 1.75 bits per heavy atom. The van der Waals surface area contributed by atoms with Gasteiger partial charge in [0.25, 0.3) is 0 Å². The zero-order valence-corrected chi connectivity index (χ0v) is 11.7. The van der Waals surface area contributed by atoms with Gasteiger partial charge in [-0.05, 0) is 37.6 Å². The highest BCUT2D eigenvalue weighted by Crippen LogP contribution is 2.26. The zero-order valence-electron chi connectivity index (χ0n) is 11.7. The van der Waals surface area contributed by atoms with Gasteiger partial charge in [0.2, 0.25) is 0 Å². The molecule has 0 radical (unpaired) electrons. The number of hydrogen-bond acceptors (Lipinski definition) is 4. The molecular formula is C16H20N2O2. The molecule has 1 heterocycles. The predicted octanol–water partition coefficient (Wildman–Crippen LogP) is 3.36. The van der Waals surface area contributed by atoms with Crippen LogP contribution in [0.25, 0.3) is 0 Å². The number of pyridine rings is 1. The van der Waals surface area contributed by atoms with E-state index in [-0.39, 0.29) is 0 Å². The van der Waals surface area contributed by atoms with E-state index in [9.17, 15) is 0 Å². The van der Waals surface area contributed by atoms with Gasteiger partial charge in [0, 0.05) is 12.7 Å². The van der Waals surface area contributed by atoms with Crippen LogP contribution < -0.4 is 14.8 Å². The Morgan fingerprint density at radius 3 is 2.45 bits per heavy atom. The standard InChI is InChI=1S/C16H20N2O2/c1-2-19-14-8-3-4-9-15(14)20-13-7-12-18-16-10-5-6-11-17-16/h3-6,8-11H,2,7,12-13H2,1H3,(H,17,18). The van der Waals surface area contributed by atoms with Gasteiger partial charge in [0.15, 0.2) is 11.5 Å². The highest BCUT2D eigenvalue weighted by Gasteiger charge is 2.02. The van der Waals surface area contributed by atoms with E-state index < -0.39 is 0 Å². The van der Waals surface area contributed by atoms with Gasteiger partial charge in [-0.15, -0.1) is 0 Å². The van der Waals surface area contributed by atoms with E-state index in [4.69, 9.17) is 9.47 Å². The molecule has 0 saturated carbocycles. The number of benzene rings is 1. The lowest BCUT2D eigenvalue weighted by Crippen LogP contribution is -2.08. The van der Waals surface area contributed by atoms with Crippen molar-refractivity contribution in [2.75, 3.05) is 25.1 Å². The number of anilines is 1. The van der Waals surface area contributed by atoms with Gasteiger partial charge >= 0.3 is 0 Å². The van der Waals surface area contributed by atoms with Crippen LogP contribution in [0, 0.1) is 0 Å². The Balaban J connectivity index is 1.71. The van der Waals surface area contributed by atoms with Crippen molar-refractivity contribution in [3.8, 4) is 11.5 Å². The summed E-state index contributed by atoms with van der Waals surface area (Å²) in [5.41, 5.74) is 0. The van der Waals surface area contributed by atoms with Crippen LogP contribution in [0.2, 0.25) is 0 Å². The maximum absolute atomic E-state index is 5.74. The fraction of sp³-hybridized carbons (Fsp3) is 0.312. The highest BCUT2D eigenvalue weighted by molar-refractivity contribution is 5.39. The topological polar surface area (TPSA) is 43.4 Å². The molecule has 1 aromatic carbocycles. The van der Waals surface area contributed by atoms with E-state index in [1.165, 1.54) is 0 Å². The average Bonchev–Trinajstić information content (AvgIpc) is 2.50. The van der Waals surface area contributed by atoms with E-state index in [1.807, 2.05) is 49.4 Å². The Hall–Kier alpha value is -2.23. The van der Waals surface area contributed by atoms with Crippen molar-refractivity contribution in [1.82, 2.24) is 4.98 Å². The molecule has 2 aromatic rings. The van der Waals surface area contributed by atoms with Crippen molar-refractivity contribution < 1.29 is 9.47 Å². The first-order chi connectivity index (χ1) is 9.90. The normalized spacial score (nSPS) is 10.1. The van der Waals surface area contributed by atoms with Crippen molar-refractivity contribution >= 4 is 5.82 Å². The summed E-state index contributed by atoms with van der Waals surface area (Å²) in [6, 6.07) is 13.6. The number of rotatable bonds is 8. The molecule has 4 heteroatoms. The average molecular weight is 272 g/mol. The van der Waals surface area contributed by atoms with Crippen molar-refractivity contribution in [3.63, 3.8) is 0 Å². The number of ether oxygens (including phenoxy) is 2. The summed E-state index contributed by atoms with van der Waals surface area (Å²) in [6.07, 6.45) is 2.67. The van der Waals surface area contributed by atoms with Crippen molar-refractivity contribution in [3.05, 3.63) is 48.7 Å². The smallest absolute Gasteiger partial charge is 0.161 e. The minimum atomic E-state index is 0.640. The first-order valence-corrected chi connectivity index (χ1v) is 6.89. The molecule has 4 nitrogen and oxygen atoms in total. The SMILES string of the molecule is CCOc1ccccc1OCCCNc1ccccn1. The summed E-state index contributed by atoms with van der Waals surface area (Å²) in [4.78, 5) is 4.20. The molecule has 106 valence electrons. The third-order valence-corrected chi connectivity index (χ3v) is 2.70. The predicted molar refractivity (Wildman–Crippen MR) is 80.4 cm³/mol. The molecule has 20 heavy (non-hydrogen) atoms. The monoisotopic (exact) mass is 272 g/mol. The third-order valence-electron chi connectivity index (χ3n) is 2.70. The van der Waals surface area contributed by atoms with Crippen LogP contribution >= 0.6 is 0 Å². The molecule has 0 aliphatic rings. The van der Waals surface area contributed by atoms with Crippen LogP contribution in [0.3, 0.4) is 0 Å². The molecular weight excluding hydrogens is 252 g/mol. The van der Waals surface area contributed by atoms with Crippen LogP contribution in [0.15, 0.2) is 48.7 Å². The second-order valence-corrected chi connectivity index (χ2v) is 4.22. The van der Waals surface area contributed by atoms with Crippen molar-refractivity contribution in [2.45, 2.75) is 13.3 Å². The highest BCUT2D eigenvalue weighted by atomic mass is 16.5. The fourth-order valence-corrected chi connectivity index (χ4v) is 1.78. The summed E-state index contributed by atoms with van der Waals surface area (Å²) in [6.45, 7) is 4.08. The fourth-order valence-electron chi connectivity index (χ4n) is 1.78. The molecule has 0 aliphatic carbocycles. The van der Waals surface area contributed by atoms with Crippen LogP contribution in [-0.2, 0) is 0 Å². The van der Waals surface area contributed by atoms with Gasteiger partial charge < -0.3 is 14.8 Å². The number of aromatic nitrogens is 1. The van der Waals surface area contributed by atoms with Gasteiger partial charge in [0.05, 0.1) is 13.2 Å². The number of hydrogen-bond donors (Lipinski definition) is 1.